The minimum absolute atomic E-state index is 0.271. The van der Waals surface area contributed by atoms with Crippen LogP contribution < -0.4 is 19.7 Å². The van der Waals surface area contributed by atoms with Crippen molar-refractivity contribution in [2.75, 3.05) is 25.2 Å². The molecule has 0 unspecified atom stereocenters. The molecule has 1 aliphatic heterocycles. The Labute approximate surface area is 179 Å². The summed E-state index contributed by atoms with van der Waals surface area (Å²) in [5.41, 5.74) is 1.60. The lowest BCUT2D eigenvalue weighted by atomic mass is 10.1. The van der Waals surface area contributed by atoms with Gasteiger partial charge in [-0.1, -0.05) is 12.1 Å². The molecule has 156 valence electrons. The van der Waals surface area contributed by atoms with Gasteiger partial charge in [-0.25, -0.2) is 4.90 Å². The molecule has 1 heterocycles. The molecule has 4 rings (SSSR count). The highest BCUT2D eigenvalue weighted by molar-refractivity contribution is 6.34. The molecule has 1 N–H and O–H groups in total. The molecule has 0 fully saturated rings. The maximum atomic E-state index is 12.6. The first-order chi connectivity index (χ1) is 15.1. The Kier molecular flexibility index (Phi) is 5.66. The number of hydrogen-bond donors (Lipinski definition) is 1. The summed E-state index contributed by atoms with van der Waals surface area (Å²) in [7, 11) is 1.59. The molecule has 0 aliphatic carbocycles. The quantitative estimate of drug-likeness (QED) is 0.472. The van der Waals surface area contributed by atoms with Gasteiger partial charge >= 0.3 is 0 Å². The first-order valence-electron chi connectivity index (χ1n) is 9.71. The van der Waals surface area contributed by atoms with Crippen molar-refractivity contribution in [3.63, 3.8) is 0 Å². The van der Waals surface area contributed by atoms with Crippen molar-refractivity contribution in [3.8, 4) is 11.5 Å². The monoisotopic (exact) mass is 416 g/mol. The topological polar surface area (TPSA) is 84.9 Å². The molecule has 0 radical (unpaired) electrons. The normalized spacial score (nSPS) is 12.5. The van der Waals surface area contributed by atoms with E-state index in [1.54, 1.807) is 79.9 Å². The van der Waals surface area contributed by atoms with Crippen LogP contribution in [0.1, 0.15) is 31.1 Å². The molecule has 7 nitrogen and oxygen atoms in total. The molecule has 31 heavy (non-hydrogen) atoms. The number of benzene rings is 3. The lowest BCUT2D eigenvalue weighted by molar-refractivity contribution is 0.0922. The molecule has 0 spiro atoms. The smallest absolute Gasteiger partial charge is 0.266 e. The van der Waals surface area contributed by atoms with E-state index in [1.165, 1.54) is 0 Å². The maximum absolute atomic E-state index is 12.6. The van der Waals surface area contributed by atoms with E-state index in [9.17, 15) is 14.4 Å². The van der Waals surface area contributed by atoms with Gasteiger partial charge in [0.15, 0.2) is 0 Å². The molecule has 0 saturated carbocycles. The SMILES string of the molecule is COc1ccc(OCCNC(=O)c2ccc(N3C(=O)c4ccccc4C3=O)cc2)cc1. The van der Waals surface area contributed by atoms with Gasteiger partial charge in [-0.15, -0.1) is 0 Å². The summed E-state index contributed by atoms with van der Waals surface area (Å²) in [5.74, 6) is 0.417. The number of carbonyl (C=O) groups excluding carboxylic acids is 3. The van der Waals surface area contributed by atoms with Crippen molar-refractivity contribution in [3.05, 3.63) is 89.5 Å². The Bertz CT molecular complexity index is 1090. The largest absolute Gasteiger partial charge is 0.497 e. The molecule has 0 atom stereocenters. The fourth-order valence-electron chi connectivity index (χ4n) is 3.29. The van der Waals surface area contributed by atoms with E-state index in [4.69, 9.17) is 9.47 Å². The number of imide groups is 1. The molecule has 3 aromatic carbocycles. The summed E-state index contributed by atoms with van der Waals surface area (Å²) < 4.78 is 10.7. The summed E-state index contributed by atoms with van der Waals surface area (Å²) in [5, 5.41) is 2.78. The predicted molar refractivity (Wildman–Crippen MR) is 115 cm³/mol. The fraction of sp³-hybridized carbons (Fsp3) is 0.125. The predicted octanol–water partition coefficient (Wildman–Crippen LogP) is 3.30. The van der Waals surface area contributed by atoms with Crippen molar-refractivity contribution in [1.82, 2.24) is 5.32 Å². The number of nitrogens with one attached hydrogen (secondary N) is 1. The van der Waals surface area contributed by atoms with Crippen molar-refractivity contribution in [2.45, 2.75) is 0 Å². The summed E-state index contributed by atoms with van der Waals surface area (Å²) in [6, 6.07) is 20.2. The van der Waals surface area contributed by atoms with Crippen molar-refractivity contribution >= 4 is 23.4 Å². The van der Waals surface area contributed by atoms with Crippen LogP contribution in [0.25, 0.3) is 0 Å². The molecular weight excluding hydrogens is 396 g/mol. The van der Waals surface area contributed by atoms with Crippen LogP contribution in [0.3, 0.4) is 0 Å². The van der Waals surface area contributed by atoms with Crippen LogP contribution in [0.2, 0.25) is 0 Å². The van der Waals surface area contributed by atoms with Crippen molar-refractivity contribution in [1.29, 1.82) is 0 Å². The molecule has 7 heteroatoms. The lowest BCUT2D eigenvalue weighted by Gasteiger charge is -2.14. The van der Waals surface area contributed by atoms with Gasteiger partial charge in [-0.05, 0) is 60.7 Å². The van der Waals surface area contributed by atoms with E-state index in [0.717, 1.165) is 10.6 Å². The highest BCUT2D eigenvalue weighted by atomic mass is 16.5. The fourth-order valence-corrected chi connectivity index (χ4v) is 3.29. The molecular formula is C24H20N2O5. The molecule has 3 aromatic rings. The van der Waals surface area contributed by atoms with Gasteiger partial charge in [0.1, 0.15) is 18.1 Å². The van der Waals surface area contributed by atoms with E-state index in [0.29, 0.717) is 41.3 Å². The third-order valence-corrected chi connectivity index (χ3v) is 4.90. The average Bonchev–Trinajstić information content (AvgIpc) is 3.07. The molecule has 0 aromatic heterocycles. The van der Waals surface area contributed by atoms with E-state index < -0.39 is 0 Å². The van der Waals surface area contributed by atoms with Crippen LogP contribution in [0.4, 0.5) is 5.69 Å². The van der Waals surface area contributed by atoms with Crippen LogP contribution in [0.15, 0.2) is 72.8 Å². The minimum atomic E-state index is -0.367. The number of carbonyl (C=O) groups is 3. The second-order valence-electron chi connectivity index (χ2n) is 6.82. The summed E-state index contributed by atoms with van der Waals surface area (Å²) in [6.07, 6.45) is 0. The van der Waals surface area contributed by atoms with Gasteiger partial charge in [-0.3, -0.25) is 14.4 Å². The van der Waals surface area contributed by atoms with Crippen molar-refractivity contribution < 1.29 is 23.9 Å². The van der Waals surface area contributed by atoms with Crippen LogP contribution in [-0.2, 0) is 0 Å². The Morgan fingerprint density at radius 2 is 1.42 bits per heavy atom. The second kappa shape index (κ2) is 8.71. The zero-order valence-electron chi connectivity index (χ0n) is 16.8. The molecule has 0 bridgehead atoms. The standard InChI is InChI=1S/C24H20N2O5/c1-30-18-10-12-19(13-11-18)31-15-14-25-22(27)16-6-8-17(9-7-16)26-23(28)20-4-2-3-5-21(20)24(26)29/h2-13H,14-15H2,1H3,(H,25,27). The highest BCUT2D eigenvalue weighted by Crippen LogP contribution is 2.28. The third-order valence-electron chi connectivity index (χ3n) is 4.90. The third kappa shape index (κ3) is 4.11. The Balaban J connectivity index is 1.32. The lowest BCUT2D eigenvalue weighted by Crippen LogP contribution is -2.30. The number of nitrogens with zero attached hydrogens (tertiary/aromatic N) is 1. The highest BCUT2D eigenvalue weighted by Gasteiger charge is 2.36. The number of rotatable bonds is 7. The van der Waals surface area contributed by atoms with Crippen LogP contribution in [-0.4, -0.2) is 38.0 Å². The van der Waals surface area contributed by atoms with Gasteiger partial charge in [0.2, 0.25) is 0 Å². The number of hydrogen-bond acceptors (Lipinski definition) is 5. The first kappa shape index (κ1) is 20.2. The molecule has 1 aliphatic rings. The van der Waals surface area contributed by atoms with E-state index in [2.05, 4.69) is 5.32 Å². The van der Waals surface area contributed by atoms with Crippen molar-refractivity contribution in [2.24, 2.45) is 0 Å². The summed E-state index contributed by atoms with van der Waals surface area (Å²) in [6.45, 7) is 0.635. The van der Waals surface area contributed by atoms with Crippen LogP contribution in [0.5, 0.6) is 11.5 Å². The average molecular weight is 416 g/mol. The van der Waals surface area contributed by atoms with Gasteiger partial charge in [0.25, 0.3) is 17.7 Å². The van der Waals surface area contributed by atoms with Crippen LogP contribution in [0, 0.1) is 0 Å². The zero-order chi connectivity index (χ0) is 21.8. The summed E-state index contributed by atoms with van der Waals surface area (Å²) in [4.78, 5) is 38.6. The Hall–Kier alpha value is -4.13. The van der Waals surface area contributed by atoms with E-state index >= 15 is 0 Å². The Morgan fingerprint density at radius 3 is 2.00 bits per heavy atom. The van der Waals surface area contributed by atoms with Gasteiger partial charge in [-0.2, -0.15) is 0 Å². The number of methoxy groups -OCH3 is 1. The van der Waals surface area contributed by atoms with Gasteiger partial charge < -0.3 is 14.8 Å². The van der Waals surface area contributed by atoms with E-state index in [1.807, 2.05) is 0 Å². The van der Waals surface area contributed by atoms with E-state index in [-0.39, 0.29) is 17.7 Å². The number of amides is 3. The van der Waals surface area contributed by atoms with Crippen LogP contribution >= 0.6 is 0 Å². The molecule has 3 amide bonds. The number of anilines is 1. The summed E-state index contributed by atoms with van der Waals surface area (Å²) >= 11 is 0. The zero-order valence-corrected chi connectivity index (χ0v) is 16.8. The first-order valence-corrected chi connectivity index (χ1v) is 9.71. The Morgan fingerprint density at radius 1 is 0.839 bits per heavy atom. The minimum Gasteiger partial charge on any atom is -0.497 e. The maximum Gasteiger partial charge on any atom is 0.266 e. The van der Waals surface area contributed by atoms with Gasteiger partial charge in [0.05, 0.1) is 30.5 Å². The second-order valence-corrected chi connectivity index (χ2v) is 6.82. The number of fused-ring (bicyclic) bond motifs is 1. The van der Waals surface area contributed by atoms with Gasteiger partial charge in [0, 0.05) is 5.56 Å². The molecule has 0 saturated heterocycles. The number of ether oxygens (including phenoxy) is 2.